The number of benzene rings is 2. The van der Waals surface area contributed by atoms with E-state index < -0.39 is 58.7 Å². The molecule has 0 unspecified atom stereocenters. The fraction of sp³-hybridized carbons (Fsp3) is 0.472. The monoisotopic (exact) mass is 694 g/mol. The summed E-state index contributed by atoms with van der Waals surface area (Å²) in [6.45, 7) is 10.6. The Morgan fingerprint density at radius 1 is 0.780 bits per heavy atom. The SMILES string of the molecule is COc1ccc(C[C@@H]2[C@H](OC(=O)NCCNc3c(NCc4ccccc4)c(=O)c3=O)[C@@H](OC(=O)OC(C)(C)C)CN2C(=O)OC(C)(C)C)cc1. The first-order chi connectivity index (χ1) is 23.5. The van der Waals surface area contributed by atoms with Crippen molar-refractivity contribution in [3.8, 4) is 5.75 Å². The number of hydrogen-bond donors (Lipinski definition) is 3. The van der Waals surface area contributed by atoms with Crippen molar-refractivity contribution in [3.63, 3.8) is 0 Å². The number of likely N-dealkylation sites (tertiary alicyclic amines) is 1. The number of amides is 2. The van der Waals surface area contributed by atoms with Crippen molar-refractivity contribution in [2.24, 2.45) is 0 Å². The third-order valence-electron chi connectivity index (χ3n) is 7.55. The van der Waals surface area contributed by atoms with Gasteiger partial charge in [0.1, 0.15) is 28.3 Å². The lowest BCUT2D eigenvalue weighted by molar-refractivity contribution is -0.0517. The van der Waals surface area contributed by atoms with Crippen molar-refractivity contribution >= 4 is 29.7 Å². The highest BCUT2D eigenvalue weighted by molar-refractivity contribution is 5.74. The van der Waals surface area contributed by atoms with Crippen LogP contribution in [0.15, 0.2) is 64.2 Å². The van der Waals surface area contributed by atoms with E-state index in [0.29, 0.717) is 12.3 Å². The van der Waals surface area contributed by atoms with Crippen LogP contribution in [0.2, 0.25) is 0 Å². The van der Waals surface area contributed by atoms with E-state index in [4.69, 9.17) is 23.7 Å². The molecule has 0 radical (unpaired) electrons. The smallest absolute Gasteiger partial charge is 0.497 e. The van der Waals surface area contributed by atoms with Crippen LogP contribution in [0.25, 0.3) is 0 Å². The Bertz CT molecular complexity index is 1690. The first-order valence-electron chi connectivity index (χ1n) is 16.4. The number of nitrogens with zero attached hydrogens (tertiary/aromatic N) is 1. The van der Waals surface area contributed by atoms with Gasteiger partial charge in [0.2, 0.25) is 0 Å². The van der Waals surface area contributed by atoms with Crippen LogP contribution in [0.1, 0.15) is 52.7 Å². The zero-order valence-electron chi connectivity index (χ0n) is 29.5. The zero-order valence-corrected chi connectivity index (χ0v) is 29.5. The summed E-state index contributed by atoms with van der Waals surface area (Å²) < 4.78 is 27.8. The maximum absolute atomic E-state index is 13.5. The molecule has 1 fully saturated rings. The molecule has 0 bridgehead atoms. The summed E-state index contributed by atoms with van der Waals surface area (Å²) in [4.78, 5) is 65.2. The molecule has 3 aromatic carbocycles. The molecule has 1 saturated heterocycles. The van der Waals surface area contributed by atoms with Gasteiger partial charge in [-0.25, -0.2) is 14.4 Å². The molecule has 14 heteroatoms. The number of anilines is 2. The van der Waals surface area contributed by atoms with Crippen LogP contribution in [0.5, 0.6) is 5.75 Å². The van der Waals surface area contributed by atoms with E-state index in [2.05, 4.69) is 16.0 Å². The van der Waals surface area contributed by atoms with Crippen molar-refractivity contribution in [2.45, 2.75) is 84.0 Å². The number of rotatable bonds is 12. The van der Waals surface area contributed by atoms with E-state index in [-0.39, 0.29) is 37.4 Å². The van der Waals surface area contributed by atoms with Gasteiger partial charge in [-0.3, -0.25) is 14.5 Å². The molecular formula is C36H46N4O10. The van der Waals surface area contributed by atoms with Gasteiger partial charge in [-0.15, -0.1) is 0 Å². The van der Waals surface area contributed by atoms with Crippen LogP contribution in [-0.2, 0) is 31.9 Å². The lowest BCUT2D eigenvalue weighted by atomic mass is 10.0. The third kappa shape index (κ3) is 10.4. The molecular weight excluding hydrogens is 648 g/mol. The number of nitrogens with one attached hydrogen (secondary N) is 3. The summed E-state index contributed by atoms with van der Waals surface area (Å²) in [5.41, 5.74) is -0.912. The summed E-state index contributed by atoms with van der Waals surface area (Å²) in [6, 6.07) is 15.8. The summed E-state index contributed by atoms with van der Waals surface area (Å²) in [7, 11) is 1.55. The molecule has 1 heterocycles. The quantitative estimate of drug-likeness (QED) is 0.104. The fourth-order valence-corrected chi connectivity index (χ4v) is 5.31. The van der Waals surface area contributed by atoms with Gasteiger partial charge in [-0.05, 0) is 71.2 Å². The second kappa shape index (κ2) is 16.0. The van der Waals surface area contributed by atoms with Crippen molar-refractivity contribution in [3.05, 3.63) is 86.2 Å². The van der Waals surface area contributed by atoms with Crippen LogP contribution in [-0.4, -0.2) is 79.4 Å². The van der Waals surface area contributed by atoms with Crippen molar-refractivity contribution < 1.29 is 38.1 Å². The average molecular weight is 695 g/mol. The van der Waals surface area contributed by atoms with E-state index in [0.717, 1.165) is 11.1 Å². The summed E-state index contributed by atoms with van der Waals surface area (Å²) >= 11 is 0. The molecule has 0 aliphatic carbocycles. The number of methoxy groups -OCH3 is 1. The molecule has 3 atom stereocenters. The predicted octanol–water partition coefficient (Wildman–Crippen LogP) is 4.59. The lowest BCUT2D eigenvalue weighted by Crippen LogP contribution is -2.46. The minimum atomic E-state index is -1.12. The van der Waals surface area contributed by atoms with Crippen LogP contribution < -0.4 is 31.5 Å². The lowest BCUT2D eigenvalue weighted by Gasteiger charge is -2.30. The fourth-order valence-electron chi connectivity index (χ4n) is 5.31. The second-order valence-corrected chi connectivity index (χ2v) is 13.8. The Morgan fingerprint density at radius 3 is 2.00 bits per heavy atom. The number of carbonyl (C=O) groups excluding carboxylic acids is 3. The van der Waals surface area contributed by atoms with Crippen LogP contribution >= 0.6 is 0 Å². The highest BCUT2D eigenvalue weighted by Crippen LogP contribution is 2.30. The standard InChI is InChI=1S/C36H46N4O10/c1-35(2,3)49-33(44)40-21-26(47-34(45)50-36(4,5)6)31(25(40)19-22-13-15-24(46-7)16-14-22)48-32(43)38-18-17-37-27-28(30(42)29(27)41)39-20-23-11-9-8-10-12-23/h8-16,25-26,31,37,39H,17-21H2,1-7H3,(H,38,43)/t25-,26+,31+/m1/s1. The van der Waals surface area contributed by atoms with Crippen molar-refractivity contribution in [1.29, 1.82) is 0 Å². The number of hydrogen-bond acceptors (Lipinski definition) is 12. The van der Waals surface area contributed by atoms with Gasteiger partial charge in [0.25, 0.3) is 10.9 Å². The van der Waals surface area contributed by atoms with E-state index in [9.17, 15) is 24.0 Å². The van der Waals surface area contributed by atoms with E-state index in [1.165, 1.54) is 4.90 Å². The van der Waals surface area contributed by atoms with E-state index >= 15 is 0 Å². The molecule has 1 aliphatic rings. The average Bonchev–Trinajstić information content (AvgIpc) is 3.36. The minimum Gasteiger partial charge on any atom is -0.497 e. The summed E-state index contributed by atoms with van der Waals surface area (Å²) in [5.74, 6) is 0.638. The maximum atomic E-state index is 13.5. The zero-order chi connectivity index (χ0) is 36.6. The first kappa shape index (κ1) is 37.5. The molecule has 270 valence electrons. The van der Waals surface area contributed by atoms with E-state index in [1.54, 1.807) is 60.8 Å². The van der Waals surface area contributed by atoms with Crippen molar-refractivity contribution in [1.82, 2.24) is 10.2 Å². The molecule has 4 rings (SSSR count). The molecule has 1 aliphatic heterocycles. The highest BCUT2D eigenvalue weighted by Gasteiger charge is 2.50. The Morgan fingerprint density at radius 2 is 1.40 bits per heavy atom. The Labute approximate surface area is 291 Å². The van der Waals surface area contributed by atoms with Gasteiger partial charge >= 0.3 is 18.3 Å². The van der Waals surface area contributed by atoms with E-state index in [1.807, 2.05) is 42.5 Å². The van der Waals surface area contributed by atoms with Gasteiger partial charge in [0, 0.05) is 19.6 Å². The molecule has 0 saturated carbocycles. The van der Waals surface area contributed by atoms with Gasteiger partial charge in [-0.2, -0.15) is 0 Å². The number of carbonyl (C=O) groups is 3. The summed E-state index contributed by atoms with van der Waals surface area (Å²) in [5, 5.41) is 8.51. The van der Waals surface area contributed by atoms with Gasteiger partial charge in [0.15, 0.2) is 12.2 Å². The highest BCUT2D eigenvalue weighted by atomic mass is 16.7. The maximum Gasteiger partial charge on any atom is 0.509 e. The van der Waals surface area contributed by atoms with Gasteiger partial charge in [-0.1, -0.05) is 42.5 Å². The minimum absolute atomic E-state index is 0.0129. The summed E-state index contributed by atoms with van der Waals surface area (Å²) in [6.07, 6.45) is -4.50. The topological polar surface area (TPSA) is 171 Å². The number of alkyl carbamates (subject to hydrolysis) is 1. The Balaban J connectivity index is 1.46. The third-order valence-corrected chi connectivity index (χ3v) is 7.55. The molecule has 2 amide bonds. The van der Waals surface area contributed by atoms with Gasteiger partial charge < -0.3 is 39.6 Å². The van der Waals surface area contributed by atoms with Crippen LogP contribution in [0.4, 0.5) is 25.8 Å². The normalized spacial score (nSPS) is 17.5. The molecule has 3 N–H and O–H groups in total. The van der Waals surface area contributed by atoms with Crippen LogP contribution in [0.3, 0.4) is 0 Å². The molecule has 3 aromatic rings. The molecule has 0 spiro atoms. The predicted molar refractivity (Wildman–Crippen MR) is 186 cm³/mol. The Hall–Kier alpha value is -5.27. The molecule has 50 heavy (non-hydrogen) atoms. The molecule has 0 aromatic heterocycles. The largest absolute Gasteiger partial charge is 0.509 e. The number of ether oxygens (including phenoxy) is 5. The van der Waals surface area contributed by atoms with Crippen molar-refractivity contribution in [2.75, 3.05) is 37.4 Å². The van der Waals surface area contributed by atoms with Gasteiger partial charge in [0.05, 0.1) is 19.7 Å². The first-order valence-corrected chi connectivity index (χ1v) is 16.4. The molecule has 14 nitrogen and oxygen atoms in total. The second-order valence-electron chi connectivity index (χ2n) is 13.8. The Kier molecular flexibility index (Phi) is 12.0. The van der Waals surface area contributed by atoms with Crippen LogP contribution in [0, 0.1) is 0 Å².